The van der Waals surface area contributed by atoms with Crippen LogP contribution in [-0.2, 0) is 28.7 Å². The second kappa shape index (κ2) is 29.5. The Morgan fingerprint density at radius 3 is 1.61 bits per heavy atom. The van der Waals surface area contributed by atoms with Crippen molar-refractivity contribution >= 4 is 23.6 Å². The highest BCUT2D eigenvalue weighted by Crippen LogP contribution is 2.14. The van der Waals surface area contributed by atoms with E-state index in [2.05, 4.69) is 5.32 Å². The third-order valence-electron chi connectivity index (χ3n) is 7.03. The van der Waals surface area contributed by atoms with Gasteiger partial charge in [-0.15, -0.1) is 0 Å². The average molecular weight is 587 g/mol. The van der Waals surface area contributed by atoms with Gasteiger partial charge in [0.1, 0.15) is 18.4 Å². The molecular weight excluding hydrogens is 528 g/mol. The Kier molecular flexibility index (Phi) is 28.0. The minimum atomic E-state index is -1.01. The van der Waals surface area contributed by atoms with Crippen LogP contribution in [0.3, 0.4) is 0 Å². The lowest BCUT2D eigenvalue weighted by molar-refractivity contribution is -0.139. The van der Waals surface area contributed by atoms with Gasteiger partial charge in [0, 0.05) is 32.4 Å². The predicted molar refractivity (Wildman–Crippen MR) is 160 cm³/mol. The number of hydrogen-bond donors (Lipinski definition) is 4. The van der Waals surface area contributed by atoms with E-state index in [-0.39, 0.29) is 12.5 Å². The van der Waals surface area contributed by atoms with Gasteiger partial charge in [-0.1, -0.05) is 77.0 Å². The van der Waals surface area contributed by atoms with Gasteiger partial charge in [0.05, 0.1) is 13.2 Å². The van der Waals surface area contributed by atoms with Crippen LogP contribution in [0.4, 0.5) is 0 Å². The molecular formula is C31H58N2O8. The van der Waals surface area contributed by atoms with Crippen LogP contribution in [-0.4, -0.2) is 72.9 Å². The van der Waals surface area contributed by atoms with Crippen molar-refractivity contribution in [2.24, 2.45) is 5.73 Å². The molecule has 0 rings (SSSR count). The zero-order valence-corrected chi connectivity index (χ0v) is 25.4. The lowest BCUT2D eigenvalue weighted by Crippen LogP contribution is -2.31. The van der Waals surface area contributed by atoms with Crippen molar-refractivity contribution in [2.45, 2.75) is 141 Å². The number of Topliss-reactive ketones (excluding diaryl/α,β-unsaturated/α-hetero) is 1. The highest BCUT2D eigenvalue weighted by Gasteiger charge is 2.10. The summed E-state index contributed by atoms with van der Waals surface area (Å²) in [4.78, 5) is 44.8. The van der Waals surface area contributed by atoms with Crippen molar-refractivity contribution in [3.63, 3.8) is 0 Å². The number of unbranched alkanes of at least 4 members (excludes halogenated alkanes) is 14. The maximum absolute atomic E-state index is 12.0. The fourth-order valence-electron chi connectivity index (χ4n) is 4.49. The molecule has 240 valence electrons. The van der Waals surface area contributed by atoms with E-state index in [0.29, 0.717) is 77.1 Å². The van der Waals surface area contributed by atoms with Crippen molar-refractivity contribution < 1.29 is 38.9 Å². The third-order valence-corrected chi connectivity index (χ3v) is 7.03. The van der Waals surface area contributed by atoms with E-state index in [1.807, 2.05) is 0 Å². The summed E-state index contributed by atoms with van der Waals surface area (Å²) in [5.74, 6) is -1.62. The number of aliphatic carboxylic acids is 2. The van der Waals surface area contributed by atoms with Gasteiger partial charge < -0.3 is 30.7 Å². The summed E-state index contributed by atoms with van der Waals surface area (Å²) in [5, 5.41) is 20.0. The Morgan fingerprint density at radius 1 is 0.585 bits per heavy atom. The van der Waals surface area contributed by atoms with E-state index in [9.17, 15) is 19.2 Å². The molecule has 0 aliphatic heterocycles. The molecule has 0 heterocycles. The summed E-state index contributed by atoms with van der Waals surface area (Å²) < 4.78 is 10.7. The predicted octanol–water partition coefficient (Wildman–Crippen LogP) is 5.39. The standard InChI is InChI=1S/C31H58N2O8/c32-28(31(38)39)20-15-16-22-33-29(35)26-41-25-24-40-23-17-19-27(34)18-13-11-9-7-5-3-1-2-4-6-8-10-12-14-21-30(36)37/h28H,1-26,32H2,(H,33,35)(H,36,37)(H,38,39)/t28-/m0/s1. The van der Waals surface area contributed by atoms with Crippen molar-refractivity contribution in [1.29, 1.82) is 0 Å². The molecule has 41 heavy (non-hydrogen) atoms. The van der Waals surface area contributed by atoms with Crippen molar-refractivity contribution in [1.82, 2.24) is 5.32 Å². The molecule has 0 fully saturated rings. The molecule has 0 unspecified atom stereocenters. The molecule has 0 aromatic heterocycles. The molecule has 0 aromatic rings. The van der Waals surface area contributed by atoms with E-state index in [1.165, 1.54) is 57.8 Å². The highest BCUT2D eigenvalue weighted by molar-refractivity contribution is 5.78. The first-order valence-corrected chi connectivity index (χ1v) is 16.0. The molecule has 0 spiro atoms. The topological polar surface area (TPSA) is 165 Å². The quantitative estimate of drug-likeness (QED) is 0.0756. The first-order chi connectivity index (χ1) is 19.8. The number of nitrogens with one attached hydrogen (secondary N) is 1. The third kappa shape index (κ3) is 30.7. The molecule has 1 atom stereocenters. The summed E-state index contributed by atoms with van der Waals surface area (Å²) in [5.41, 5.74) is 5.42. The number of ether oxygens (including phenoxy) is 2. The molecule has 0 radical (unpaired) electrons. The Bertz CT molecular complexity index is 675. The molecule has 10 nitrogen and oxygen atoms in total. The molecule has 0 saturated carbocycles. The van der Waals surface area contributed by atoms with Crippen molar-refractivity contribution in [3.8, 4) is 0 Å². The maximum Gasteiger partial charge on any atom is 0.320 e. The van der Waals surface area contributed by atoms with E-state index >= 15 is 0 Å². The van der Waals surface area contributed by atoms with Gasteiger partial charge in [0.2, 0.25) is 5.91 Å². The monoisotopic (exact) mass is 586 g/mol. The lowest BCUT2D eigenvalue weighted by atomic mass is 10.0. The van der Waals surface area contributed by atoms with Gasteiger partial charge >= 0.3 is 11.9 Å². The van der Waals surface area contributed by atoms with Gasteiger partial charge in [0.25, 0.3) is 0 Å². The molecule has 0 aliphatic rings. The number of rotatable bonds is 32. The Labute approximate surface area is 247 Å². The molecule has 10 heteroatoms. The Morgan fingerprint density at radius 2 is 1.07 bits per heavy atom. The van der Waals surface area contributed by atoms with Crippen LogP contribution in [0.25, 0.3) is 0 Å². The van der Waals surface area contributed by atoms with Gasteiger partial charge in [-0.25, -0.2) is 0 Å². The number of ketones is 1. The molecule has 0 bridgehead atoms. The number of carboxylic acids is 2. The second-order valence-electron chi connectivity index (χ2n) is 10.9. The summed E-state index contributed by atoms with van der Waals surface area (Å²) in [7, 11) is 0. The molecule has 5 N–H and O–H groups in total. The number of hydrogen-bond acceptors (Lipinski definition) is 7. The lowest BCUT2D eigenvalue weighted by Gasteiger charge is -2.08. The van der Waals surface area contributed by atoms with Gasteiger partial charge in [-0.2, -0.15) is 0 Å². The maximum atomic E-state index is 12.0. The highest BCUT2D eigenvalue weighted by atomic mass is 16.5. The van der Waals surface area contributed by atoms with Crippen LogP contribution in [0.5, 0.6) is 0 Å². The number of nitrogens with two attached hydrogens (primary N) is 1. The van der Waals surface area contributed by atoms with E-state index < -0.39 is 18.0 Å². The minimum Gasteiger partial charge on any atom is -0.481 e. The van der Waals surface area contributed by atoms with E-state index in [4.69, 9.17) is 25.4 Å². The summed E-state index contributed by atoms with van der Waals surface area (Å²) >= 11 is 0. The summed E-state index contributed by atoms with van der Waals surface area (Å²) in [6.45, 7) is 1.61. The summed E-state index contributed by atoms with van der Waals surface area (Å²) in [6, 6.07) is -0.855. The van der Waals surface area contributed by atoms with Crippen LogP contribution < -0.4 is 11.1 Å². The van der Waals surface area contributed by atoms with Crippen LogP contribution in [0.1, 0.15) is 135 Å². The van der Waals surface area contributed by atoms with Crippen molar-refractivity contribution in [3.05, 3.63) is 0 Å². The smallest absolute Gasteiger partial charge is 0.320 e. The second-order valence-corrected chi connectivity index (χ2v) is 10.9. The van der Waals surface area contributed by atoms with Crippen LogP contribution in [0.2, 0.25) is 0 Å². The van der Waals surface area contributed by atoms with Gasteiger partial charge in [-0.05, 0) is 38.5 Å². The number of carbonyl (C=O) groups excluding carboxylic acids is 2. The zero-order chi connectivity index (χ0) is 30.4. The zero-order valence-electron chi connectivity index (χ0n) is 25.4. The van der Waals surface area contributed by atoms with Crippen molar-refractivity contribution in [2.75, 3.05) is 33.0 Å². The number of carboxylic acid groups (broad SMARTS) is 2. The minimum absolute atomic E-state index is 0.0452. The van der Waals surface area contributed by atoms with Crippen LogP contribution >= 0.6 is 0 Å². The number of carbonyl (C=O) groups is 4. The van der Waals surface area contributed by atoms with Gasteiger partial charge in [-0.3, -0.25) is 19.2 Å². The van der Waals surface area contributed by atoms with E-state index in [1.54, 1.807) is 0 Å². The molecule has 0 aliphatic carbocycles. The van der Waals surface area contributed by atoms with Gasteiger partial charge in [0.15, 0.2) is 0 Å². The fourth-order valence-corrected chi connectivity index (χ4v) is 4.49. The Hall–Kier alpha value is -2.04. The van der Waals surface area contributed by atoms with Crippen LogP contribution in [0, 0.1) is 0 Å². The SMILES string of the molecule is N[C@@H](CCCCNC(=O)COCCOCCCC(=O)CCCCCCCCCCCCCCCCC(=O)O)C(=O)O. The number of amides is 1. The summed E-state index contributed by atoms with van der Waals surface area (Å²) in [6.07, 6.45) is 20.4. The molecule has 1 amide bonds. The first-order valence-electron chi connectivity index (χ1n) is 16.0. The Balaban J connectivity index is 3.28. The first kappa shape index (κ1) is 39.0. The van der Waals surface area contributed by atoms with E-state index in [0.717, 1.165) is 32.1 Å². The largest absolute Gasteiger partial charge is 0.481 e. The average Bonchev–Trinajstić information content (AvgIpc) is 2.93. The fraction of sp³-hybridized carbons (Fsp3) is 0.871. The normalized spacial score (nSPS) is 11.8. The van der Waals surface area contributed by atoms with Crippen LogP contribution in [0.15, 0.2) is 0 Å². The molecule has 0 aromatic carbocycles. The molecule has 0 saturated heterocycles.